The molecule has 2 aromatic rings. The maximum Gasteiger partial charge on any atom is 0.387 e. The Morgan fingerprint density at radius 3 is 2.52 bits per heavy atom. The van der Waals surface area contributed by atoms with Gasteiger partial charge in [0.2, 0.25) is 0 Å². The molecule has 0 aliphatic rings. The molecule has 0 bridgehead atoms. The number of rotatable bonds is 7. The van der Waals surface area contributed by atoms with E-state index < -0.39 is 25.1 Å². The molecular weight excluding hydrogens is 407 g/mol. The summed E-state index contributed by atoms with van der Waals surface area (Å²) in [7, 11) is 1.23. The zero-order valence-electron chi connectivity index (χ0n) is 13.8. The first kappa shape index (κ1) is 20.7. The zero-order chi connectivity index (χ0) is 20.0. The molecule has 0 unspecified atom stereocenters. The summed E-state index contributed by atoms with van der Waals surface area (Å²) >= 11 is 11.7. The van der Waals surface area contributed by atoms with Crippen LogP contribution in [0.1, 0.15) is 10.4 Å². The summed E-state index contributed by atoms with van der Waals surface area (Å²) in [5, 5.41) is 3.08. The van der Waals surface area contributed by atoms with Gasteiger partial charge in [-0.25, -0.2) is 4.79 Å². The van der Waals surface area contributed by atoms with Gasteiger partial charge in [0, 0.05) is 5.02 Å². The second-order valence-electron chi connectivity index (χ2n) is 4.99. The van der Waals surface area contributed by atoms with E-state index >= 15 is 0 Å². The smallest absolute Gasteiger partial charge is 0.387 e. The van der Waals surface area contributed by atoms with Crippen LogP contribution in [-0.4, -0.2) is 32.2 Å². The van der Waals surface area contributed by atoms with Crippen molar-refractivity contribution in [3.63, 3.8) is 0 Å². The second kappa shape index (κ2) is 9.38. The van der Waals surface area contributed by atoms with Crippen LogP contribution in [0.3, 0.4) is 0 Å². The number of nitrogens with one attached hydrogen (secondary N) is 1. The van der Waals surface area contributed by atoms with E-state index in [1.807, 2.05) is 0 Å². The number of carbonyl (C=O) groups excluding carboxylic acids is 2. The van der Waals surface area contributed by atoms with Crippen molar-refractivity contribution in [3.05, 3.63) is 52.0 Å². The first-order valence-electron chi connectivity index (χ1n) is 7.35. The highest BCUT2D eigenvalue weighted by molar-refractivity contribution is 6.35. The van der Waals surface area contributed by atoms with E-state index in [2.05, 4.69) is 10.1 Å². The Hall–Kier alpha value is -2.58. The Kier molecular flexibility index (Phi) is 7.20. The summed E-state index contributed by atoms with van der Waals surface area (Å²) in [5.74, 6) is -1.82. The predicted molar refractivity (Wildman–Crippen MR) is 95.0 cm³/mol. The number of halogens is 4. The summed E-state index contributed by atoms with van der Waals surface area (Å²) in [6.07, 6.45) is 0. The fraction of sp³-hybridized carbons (Fsp3) is 0.176. The molecule has 2 rings (SSSR count). The SMILES string of the molecule is COc1cc(C(=O)OCC(=O)Nc2cc(Cl)ccc2Cl)ccc1OC(F)F. The van der Waals surface area contributed by atoms with Gasteiger partial charge in [0.1, 0.15) is 0 Å². The number of methoxy groups -OCH3 is 1. The molecule has 10 heteroatoms. The fourth-order valence-electron chi connectivity index (χ4n) is 1.98. The molecule has 0 fully saturated rings. The van der Waals surface area contributed by atoms with Gasteiger partial charge in [0.25, 0.3) is 5.91 Å². The summed E-state index contributed by atoms with van der Waals surface area (Å²) in [6.45, 7) is -3.64. The van der Waals surface area contributed by atoms with Crippen molar-refractivity contribution in [2.75, 3.05) is 19.0 Å². The average molecular weight is 420 g/mol. The lowest BCUT2D eigenvalue weighted by atomic mass is 10.2. The molecule has 0 aromatic heterocycles. The quantitative estimate of drug-likeness (QED) is 0.673. The average Bonchev–Trinajstić information content (AvgIpc) is 2.62. The van der Waals surface area contributed by atoms with E-state index in [4.69, 9.17) is 32.7 Å². The highest BCUT2D eigenvalue weighted by Gasteiger charge is 2.16. The summed E-state index contributed by atoms with van der Waals surface area (Å²) < 4.78 is 38.6. The monoisotopic (exact) mass is 419 g/mol. The van der Waals surface area contributed by atoms with Gasteiger partial charge in [-0.1, -0.05) is 23.2 Å². The first-order valence-corrected chi connectivity index (χ1v) is 8.10. The minimum Gasteiger partial charge on any atom is -0.493 e. The Morgan fingerprint density at radius 1 is 1.11 bits per heavy atom. The van der Waals surface area contributed by atoms with Gasteiger partial charge in [-0.3, -0.25) is 4.79 Å². The Bertz CT molecular complexity index is 848. The van der Waals surface area contributed by atoms with Gasteiger partial charge >= 0.3 is 12.6 Å². The van der Waals surface area contributed by atoms with E-state index in [-0.39, 0.29) is 27.8 Å². The minimum atomic E-state index is -3.04. The molecule has 2 aromatic carbocycles. The maximum absolute atomic E-state index is 12.3. The van der Waals surface area contributed by atoms with Gasteiger partial charge in [0.15, 0.2) is 18.1 Å². The largest absolute Gasteiger partial charge is 0.493 e. The lowest BCUT2D eigenvalue weighted by Gasteiger charge is -2.11. The Labute approximate surface area is 162 Å². The third kappa shape index (κ3) is 5.97. The van der Waals surface area contributed by atoms with Crippen LogP contribution in [0.4, 0.5) is 14.5 Å². The molecular formula is C17H13Cl2F2NO5. The highest BCUT2D eigenvalue weighted by Crippen LogP contribution is 2.30. The van der Waals surface area contributed by atoms with E-state index in [9.17, 15) is 18.4 Å². The van der Waals surface area contributed by atoms with E-state index in [0.717, 1.165) is 12.1 Å². The van der Waals surface area contributed by atoms with Crippen molar-refractivity contribution in [2.45, 2.75) is 6.61 Å². The van der Waals surface area contributed by atoms with Gasteiger partial charge in [-0.05, 0) is 36.4 Å². The van der Waals surface area contributed by atoms with Crippen molar-refractivity contribution in [1.29, 1.82) is 0 Å². The molecule has 0 aliphatic heterocycles. The Morgan fingerprint density at radius 2 is 1.85 bits per heavy atom. The van der Waals surface area contributed by atoms with Gasteiger partial charge in [0.05, 0.1) is 23.4 Å². The maximum atomic E-state index is 12.3. The van der Waals surface area contributed by atoms with Gasteiger partial charge in [-0.2, -0.15) is 8.78 Å². The van der Waals surface area contributed by atoms with Crippen LogP contribution in [0.2, 0.25) is 10.0 Å². The number of amides is 1. The molecule has 0 spiro atoms. The molecule has 0 heterocycles. The molecule has 0 aliphatic carbocycles. The number of esters is 1. The number of benzene rings is 2. The topological polar surface area (TPSA) is 73.9 Å². The molecule has 27 heavy (non-hydrogen) atoms. The van der Waals surface area contributed by atoms with Crippen LogP contribution in [0.25, 0.3) is 0 Å². The predicted octanol–water partition coefficient (Wildman–Crippen LogP) is 4.40. The van der Waals surface area contributed by atoms with Gasteiger partial charge in [-0.15, -0.1) is 0 Å². The number of hydrogen-bond acceptors (Lipinski definition) is 5. The first-order chi connectivity index (χ1) is 12.8. The second-order valence-corrected chi connectivity index (χ2v) is 5.84. The van der Waals surface area contributed by atoms with Crippen LogP contribution in [0, 0.1) is 0 Å². The van der Waals surface area contributed by atoms with Crippen LogP contribution >= 0.6 is 23.2 Å². The van der Waals surface area contributed by atoms with Crippen molar-refractivity contribution >= 4 is 40.8 Å². The minimum absolute atomic E-state index is 0.0120. The number of ether oxygens (including phenoxy) is 3. The standard InChI is InChI=1S/C17H13Cl2F2NO5/c1-25-14-6-9(2-5-13(14)27-17(20)21)16(24)26-8-15(23)22-12-7-10(18)3-4-11(12)19/h2-7,17H,8H2,1H3,(H,22,23). The molecule has 0 saturated carbocycles. The summed E-state index contributed by atoms with van der Waals surface area (Å²) in [6, 6.07) is 7.99. The zero-order valence-corrected chi connectivity index (χ0v) is 15.3. The molecule has 0 atom stereocenters. The van der Waals surface area contributed by atoms with Crippen LogP contribution in [-0.2, 0) is 9.53 Å². The number of alkyl halides is 2. The third-order valence-corrected chi connectivity index (χ3v) is 3.72. The number of hydrogen-bond donors (Lipinski definition) is 1. The van der Waals surface area contributed by atoms with Crippen molar-refractivity contribution in [1.82, 2.24) is 0 Å². The van der Waals surface area contributed by atoms with E-state index in [1.165, 1.54) is 25.3 Å². The highest BCUT2D eigenvalue weighted by atomic mass is 35.5. The molecule has 6 nitrogen and oxygen atoms in total. The molecule has 144 valence electrons. The van der Waals surface area contributed by atoms with Crippen LogP contribution in [0.5, 0.6) is 11.5 Å². The summed E-state index contributed by atoms with van der Waals surface area (Å²) in [4.78, 5) is 23.9. The molecule has 0 saturated heterocycles. The Balaban J connectivity index is 1.98. The van der Waals surface area contributed by atoms with E-state index in [1.54, 1.807) is 6.07 Å². The number of carbonyl (C=O) groups is 2. The number of anilines is 1. The van der Waals surface area contributed by atoms with E-state index in [0.29, 0.717) is 5.02 Å². The normalized spacial score (nSPS) is 10.4. The molecule has 1 N–H and O–H groups in total. The summed E-state index contributed by atoms with van der Waals surface area (Å²) in [5.41, 5.74) is 0.252. The third-order valence-electron chi connectivity index (χ3n) is 3.15. The van der Waals surface area contributed by atoms with Gasteiger partial charge < -0.3 is 19.5 Å². The van der Waals surface area contributed by atoms with Crippen molar-refractivity contribution in [3.8, 4) is 11.5 Å². The van der Waals surface area contributed by atoms with Crippen molar-refractivity contribution in [2.24, 2.45) is 0 Å². The van der Waals surface area contributed by atoms with Crippen molar-refractivity contribution < 1.29 is 32.6 Å². The van der Waals surface area contributed by atoms with Crippen LogP contribution < -0.4 is 14.8 Å². The lowest BCUT2D eigenvalue weighted by Crippen LogP contribution is -2.21. The molecule has 0 radical (unpaired) electrons. The lowest BCUT2D eigenvalue weighted by molar-refractivity contribution is -0.119. The fourth-order valence-corrected chi connectivity index (χ4v) is 2.32. The molecule has 1 amide bonds. The van der Waals surface area contributed by atoms with Crippen LogP contribution in [0.15, 0.2) is 36.4 Å².